The predicted octanol–water partition coefficient (Wildman–Crippen LogP) is 3.27. The number of thioether (sulfide) groups is 1. The Bertz CT molecular complexity index is 649. The number of amides is 1. The van der Waals surface area contributed by atoms with Gasteiger partial charge in [0.05, 0.1) is 5.75 Å². The molecule has 0 saturated heterocycles. The van der Waals surface area contributed by atoms with Gasteiger partial charge in [-0.1, -0.05) is 24.8 Å². The Morgan fingerprint density at radius 3 is 3.00 bits per heavy atom. The lowest BCUT2D eigenvalue weighted by atomic mass is 10.3. The van der Waals surface area contributed by atoms with E-state index in [0.717, 1.165) is 23.8 Å². The summed E-state index contributed by atoms with van der Waals surface area (Å²) in [6, 6.07) is 4.93. The van der Waals surface area contributed by atoms with Crippen molar-refractivity contribution < 1.29 is 4.79 Å². The molecule has 0 bridgehead atoms. The average molecular weight is 351 g/mol. The molecule has 0 radical (unpaired) electrons. The lowest BCUT2D eigenvalue weighted by Gasteiger charge is -2.11. The normalized spacial score (nSPS) is 15.6. The Kier molecular flexibility index (Phi) is 5.38. The van der Waals surface area contributed by atoms with Gasteiger partial charge in [-0.05, 0) is 37.6 Å². The van der Waals surface area contributed by atoms with E-state index in [2.05, 4.69) is 44.5 Å². The minimum absolute atomic E-state index is 0.0644. The van der Waals surface area contributed by atoms with Crippen LogP contribution in [0.5, 0.6) is 0 Å². The lowest BCUT2D eigenvalue weighted by Crippen LogP contribution is -2.33. The molecular formula is C16H22N4OS2. The van der Waals surface area contributed by atoms with Gasteiger partial charge in [0.25, 0.3) is 0 Å². The second kappa shape index (κ2) is 7.49. The van der Waals surface area contributed by atoms with Crippen LogP contribution < -0.4 is 5.32 Å². The first-order valence-electron chi connectivity index (χ1n) is 8.05. The van der Waals surface area contributed by atoms with Crippen LogP contribution in [-0.4, -0.2) is 32.5 Å². The fraction of sp³-hybridized carbons (Fsp3) is 0.562. The molecule has 1 fully saturated rings. The Hall–Kier alpha value is -1.34. The van der Waals surface area contributed by atoms with Crippen molar-refractivity contribution in [1.29, 1.82) is 0 Å². The monoisotopic (exact) mass is 350 g/mol. The van der Waals surface area contributed by atoms with E-state index in [4.69, 9.17) is 0 Å². The van der Waals surface area contributed by atoms with E-state index in [1.165, 1.54) is 29.5 Å². The summed E-state index contributed by atoms with van der Waals surface area (Å²) in [6.07, 6.45) is 4.13. The van der Waals surface area contributed by atoms with Crippen molar-refractivity contribution in [3.05, 3.63) is 28.2 Å². The summed E-state index contributed by atoms with van der Waals surface area (Å²) in [5.41, 5.74) is 0. The van der Waals surface area contributed by atoms with Gasteiger partial charge in [0, 0.05) is 23.4 Å². The molecule has 2 aromatic rings. The first-order chi connectivity index (χ1) is 11.2. The van der Waals surface area contributed by atoms with Gasteiger partial charge in [-0.25, -0.2) is 0 Å². The van der Waals surface area contributed by atoms with Crippen LogP contribution in [0.2, 0.25) is 0 Å². The summed E-state index contributed by atoms with van der Waals surface area (Å²) >= 11 is 3.23. The van der Waals surface area contributed by atoms with Crippen molar-refractivity contribution in [2.24, 2.45) is 0 Å². The van der Waals surface area contributed by atoms with Gasteiger partial charge >= 0.3 is 0 Å². The van der Waals surface area contributed by atoms with E-state index in [1.807, 2.05) is 6.92 Å². The van der Waals surface area contributed by atoms with E-state index < -0.39 is 0 Å². The molecule has 0 aromatic carbocycles. The third-order valence-electron chi connectivity index (χ3n) is 3.91. The quantitative estimate of drug-likeness (QED) is 0.742. The summed E-state index contributed by atoms with van der Waals surface area (Å²) in [5.74, 6) is 1.48. The van der Waals surface area contributed by atoms with Gasteiger partial charge in [0.15, 0.2) is 5.16 Å². The Morgan fingerprint density at radius 2 is 2.35 bits per heavy atom. The zero-order valence-corrected chi connectivity index (χ0v) is 15.1. The zero-order valence-electron chi connectivity index (χ0n) is 13.5. The molecule has 1 N–H and O–H groups in total. The van der Waals surface area contributed by atoms with Crippen LogP contribution in [0, 0.1) is 0 Å². The number of carbonyl (C=O) groups is 1. The molecule has 1 saturated carbocycles. The highest BCUT2D eigenvalue weighted by molar-refractivity contribution is 7.99. The molecule has 1 unspecified atom stereocenters. The van der Waals surface area contributed by atoms with Crippen molar-refractivity contribution in [1.82, 2.24) is 20.1 Å². The maximum atomic E-state index is 12.0. The van der Waals surface area contributed by atoms with Crippen molar-refractivity contribution in [3.63, 3.8) is 0 Å². The first kappa shape index (κ1) is 16.5. The molecule has 5 nitrogen and oxygen atoms in total. The molecule has 124 valence electrons. The minimum atomic E-state index is 0.0644. The number of nitrogens with one attached hydrogen (secondary N) is 1. The highest BCUT2D eigenvalue weighted by Crippen LogP contribution is 2.39. The third-order valence-corrected chi connectivity index (χ3v) is 5.73. The average Bonchev–Trinajstić information content (AvgIpc) is 3.09. The van der Waals surface area contributed by atoms with Gasteiger partial charge in [-0.15, -0.1) is 21.5 Å². The molecule has 0 aliphatic heterocycles. The number of hydrogen-bond donors (Lipinski definition) is 1. The molecule has 23 heavy (non-hydrogen) atoms. The summed E-state index contributed by atoms with van der Waals surface area (Å²) in [4.78, 5) is 13.3. The molecule has 1 atom stereocenters. The van der Waals surface area contributed by atoms with E-state index in [-0.39, 0.29) is 11.9 Å². The van der Waals surface area contributed by atoms with Crippen molar-refractivity contribution in [2.75, 3.05) is 5.75 Å². The molecule has 1 aliphatic carbocycles. The van der Waals surface area contributed by atoms with Crippen molar-refractivity contribution >= 4 is 29.0 Å². The molecule has 1 aliphatic rings. The Balaban J connectivity index is 1.65. The molecule has 2 heterocycles. The van der Waals surface area contributed by atoms with Crippen molar-refractivity contribution in [3.8, 4) is 0 Å². The summed E-state index contributed by atoms with van der Waals surface area (Å²) in [7, 11) is 0. The van der Waals surface area contributed by atoms with Crippen LogP contribution in [0.1, 0.15) is 49.9 Å². The smallest absolute Gasteiger partial charge is 0.230 e. The predicted molar refractivity (Wildman–Crippen MR) is 94.0 cm³/mol. The second-order valence-corrected chi connectivity index (χ2v) is 7.90. The van der Waals surface area contributed by atoms with Crippen LogP contribution in [0.25, 0.3) is 0 Å². The van der Waals surface area contributed by atoms with Crippen LogP contribution in [-0.2, 0) is 11.2 Å². The number of hydrogen-bond acceptors (Lipinski definition) is 5. The number of nitrogens with zero attached hydrogens (tertiary/aromatic N) is 3. The van der Waals surface area contributed by atoms with Crippen LogP contribution in [0.15, 0.2) is 22.7 Å². The van der Waals surface area contributed by atoms with E-state index in [1.54, 1.807) is 11.3 Å². The number of thiophene rings is 1. The summed E-state index contributed by atoms with van der Waals surface area (Å²) in [5, 5.41) is 14.7. The highest BCUT2D eigenvalue weighted by atomic mass is 32.2. The molecule has 0 spiro atoms. The van der Waals surface area contributed by atoms with Gasteiger partial charge < -0.3 is 9.88 Å². The van der Waals surface area contributed by atoms with Crippen LogP contribution >= 0.6 is 23.1 Å². The fourth-order valence-corrected chi connectivity index (χ4v) is 3.88. The maximum Gasteiger partial charge on any atom is 0.230 e. The SMILES string of the molecule is CCC(C)NC(=O)CSc1nnc(Cc2cccs2)n1C1CC1. The first-order valence-corrected chi connectivity index (χ1v) is 9.92. The topological polar surface area (TPSA) is 59.8 Å². The van der Waals surface area contributed by atoms with Crippen LogP contribution in [0.4, 0.5) is 0 Å². The Labute approximate surface area is 144 Å². The van der Waals surface area contributed by atoms with E-state index >= 15 is 0 Å². The number of carbonyl (C=O) groups excluding carboxylic acids is 1. The number of aromatic nitrogens is 3. The van der Waals surface area contributed by atoms with Gasteiger partial charge in [0.1, 0.15) is 5.82 Å². The molecule has 1 amide bonds. The lowest BCUT2D eigenvalue weighted by molar-refractivity contribution is -0.119. The second-order valence-electron chi connectivity index (χ2n) is 5.92. The molecule has 3 rings (SSSR count). The highest BCUT2D eigenvalue weighted by Gasteiger charge is 2.29. The Morgan fingerprint density at radius 1 is 1.52 bits per heavy atom. The zero-order chi connectivity index (χ0) is 16.2. The summed E-state index contributed by atoms with van der Waals surface area (Å²) in [6.45, 7) is 4.09. The molecule has 7 heteroatoms. The number of rotatable bonds is 8. The van der Waals surface area contributed by atoms with Gasteiger partial charge in [0.2, 0.25) is 5.91 Å². The minimum Gasteiger partial charge on any atom is -0.353 e. The van der Waals surface area contributed by atoms with Crippen molar-refractivity contribution in [2.45, 2.75) is 56.8 Å². The standard InChI is InChI=1S/C16H22N4OS2/c1-3-11(2)17-15(21)10-23-16-19-18-14(20(16)12-6-7-12)9-13-5-4-8-22-13/h4-5,8,11-12H,3,6-7,9-10H2,1-2H3,(H,17,21). The summed E-state index contributed by atoms with van der Waals surface area (Å²) < 4.78 is 2.24. The molecule has 2 aromatic heterocycles. The largest absolute Gasteiger partial charge is 0.353 e. The van der Waals surface area contributed by atoms with Gasteiger partial charge in [-0.3, -0.25) is 4.79 Å². The maximum absolute atomic E-state index is 12.0. The van der Waals surface area contributed by atoms with E-state index in [9.17, 15) is 4.79 Å². The molecular weight excluding hydrogens is 328 g/mol. The fourth-order valence-electron chi connectivity index (χ4n) is 2.34. The van der Waals surface area contributed by atoms with E-state index in [0.29, 0.717) is 11.8 Å². The van der Waals surface area contributed by atoms with Crippen LogP contribution in [0.3, 0.4) is 0 Å². The van der Waals surface area contributed by atoms with Gasteiger partial charge in [-0.2, -0.15) is 0 Å². The third kappa shape index (κ3) is 4.35.